The summed E-state index contributed by atoms with van der Waals surface area (Å²) in [5.41, 5.74) is 8.22. The number of nitrogens with two attached hydrogens (primary N) is 1. The minimum absolute atomic E-state index is 0.392. The van der Waals surface area contributed by atoms with Gasteiger partial charge in [-0.1, -0.05) is 17.7 Å². The van der Waals surface area contributed by atoms with Crippen molar-refractivity contribution >= 4 is 17.3 Å². The standard InChI is InChI=1S/C14H19ClN2O/c15-11-5-4-10(9-16)13(8-11)17-6-7-18-14-3-1-2-12(14)17/h4-5,8,12,14H,1-3,6-7,9,16H2. The molecule has 1 saturated carbocycles. The van der Waals surface area contributed by atoms with E-state index < -0.39 is 0 Å². The van der Waals surface area contributed by atoms with Gasteiger partial charge in [0.2, 0.25) is 0 Å². The van der Waals surface area contributed by atoms with Crippen LogP contribution in [0.2, 0.25) is 5.02 Å². The van der Waals surface area contributed by atoms with Crippen LogP contribution in [0.1, 0.15) is 24.8 Å². The second-order valence-corrected chi connectivity index (χ2v) is 5.51. The van der Waals surface area contributed by atoms with Crippen LogP contribution in [0.25, 0.3) is 0 Å². The second kappa shape index (κ2) is 5.08. The van der Waals surface area contributed by atoms with Crippen LogP contribution in [-0.4, -0.2) is 25.3 Å². The van der Waals surface area contributed by atoms with Gasteiger partial charge in [-0.3, -0.25) is 0 Å². The molecule has 1 aliphatic carbocycles. The van der Waals surface area contributed by atoms with Gasteiger partial charge in [0.05, 0.1) is 18.8 Å². The maximum absolute atomic E-state index is 6.14. The van der Waals surface area contributed by atoms with Gasteiger partial charge in [0.1, 0.15) is 0 Å². The lowest BCUT2D eigenvalue weighted by Gasteiger charge is -2.40. The molecule has 0 bridgehead atoms. The SMILES string of the molecule is NCc1ccc(Cl)cc1N1CCOC2CCCC21. The van der Waals surface area contributed by atoms with Crippen LogP contribution < -0.4 is 10.6 Å². The molecule has 1 saturated heterocycles. The van der Waals surface area contributed by atoms with Crippen molar-refractivity contribution in [2.75, 3.05) is 18.1 Å². The zero-order valence-corrected chi connectivity index (χ0v) is 11.2. The summed E-state index contributed by atoms with van der Waals surface area (Å²) in [6, 6.07) is 6.50. The molecule has 1 aliphatic heterocycles. The van der Waals surface area contributed by atoms with E-state index in [0.717, 1.165) is 18.2 Å². The van der Waals surface area contributed by atoms with E-state index in [1.54, 1.807) is 0 Å². The number of hydrogen-bond donors (Lipinski definition) is 1. The highest BCUT2D eigenvalue weighted by molar-refractivity contribution is 6.30. The lowest BCUT2D eigenvalue weighted by molar-refractivity contribution is 0.0256. The lowest BCUT2D eigenvalue weighted by atomic mass is 10.1. The Morgan fingerprint density at radius 2 is 2.28 bits per heavy atom. The second-order valence-electron chi connectivity index (χ2n) is 5.08. The molecule has 0 aromatic heterocycles. The fourth-order valence-electron chi connectivity index (χ4n) is 3.20. The third kappa shape index (κ3) is 2.11. The van der Waals surface area contributed by atoms with Gasteiger partial charge in [-0.25, -0.2) is 0 Å². The normalized spacial score (nSPS) is 27.3. The first kappa shape index (κ1) is 12.3. The molecule has 2 unspecified atom stereocenters. The average molecular weight is 267 g/mol. The number of fused-ring (bicyclic) bond motifs is 1. The van der Waals surface area contributed by atoms with Crippen LogP contribution in [0.5, 0.6) is 0 Å². The molecule has 0 spiro atoms. The van der Waals surface area contributed by atoms with E-state index in [2.05, 4.69) is 4.90 Å². The Labute approximate surface area is 113 Å². The first-order valence-corrected chi connectivity index (χ1v) is 7.04. The van der Waals surface area contributed by atoms with Gasteiger partial charge >= 0.3 is 0 Å². The van der Waals surface area contributed by atoms with Gasteiger partial charge in [0, 0.05) is 23.8 Å². The van der Waals surface area contributed by atoms with Crippen molar-refractivity contribution < 1.29 is 4.74 Å². The van der Waals surface area contributed by atoms with Crippen molar-refractivity contribution in [2.24, 2.45) is 5.73 Å². The molecule has 18 heavy (non-hydrogen) atoms. The molecule has 4 heteroatoms. The van der Waals surface area contributed by atoms with Crippen LogP contribution in [-0.2, 0) is 11.3 Å². The Bertz CT molecular complexity index is 438. The van der Waals surface area contributed by atoms with Gasteiger partial charge in [0.25, 0.3) is 0 Å². The van der Waals surface area contributed by atoms with E-state index >= 15 is 0 Å². The Kier molecular flexibility index (Phi) is 3.46. The molecule has 2 fully saturated rings. The van der Waals surface area contributed by atoms with Crippen LogP contribution in [0.4, 0.5) is 5.69 Å². The predicted octanol–water partition coefficient (Wildman–Crippen LogP) is 2.56. The summed E-state index contributed by atoms with van der Waals surface area (Å²) < 4.78 is 5.85. The quantitative estimate of drug-likeness (QED) is 0.894. The summed E-state index contributed by atoms with van der Waals surface area (Å²) in [6.45, 7) is 2.30. The fourth-order valence-corrected chi connectivity index (χ4v) is 3.37. The van der Waals surface area contributed by atoms with E-state index in [1.807, 2.05) is 18.2 Å². The molecule has 2 aliphatic rings. The van der Waals surface area contributed by atoms with Crippen molar-refractivity contribution in [3.05, 3.63) is 28.8 Å². The van der Waals surface area contributed by atoms with Gasteiger partial charge in [-0.05, 0) is 37.0 Å². The predicted molar refractivity (Wildman–Crippen MR) is 74.1 cm³/mol. The first-order chi connectivity index (χ1) is 8.79. The summed E-state index contributed by atoms with van der Waals surface area (Å²) in [7, 11) is 0. The Balaban J connectivity index is 1.95. The molecule has 0 amide bonds. The molecular formula is C14H19ClN2O. The highest BCUT2D eigenvalue weighted by Crippen LogP contribution is 2.35. The van der Waals surface area contributed by atoms with E-state index in [-0.39, 0.29) is 0 Å². The summed E-state index contributed by atoms with van der Waals surface area (Å²) in [4.78, 5) is 2.45. The molecule has 2 N–H and O–H groups in total. The zero-order chi connectivity index (χ0) is 12.5. The smallest absolute Gasteiger partial charge is 0.0779 e. The van der Waals surface area contributed by atoms with Crippen molar-refractivity contribution in [1.82, 2.24) is 0 Å². The number of morpholine rings is 1. The minimum Gasteiger partial charge on any atom is -0.374 e. The largest absolute Gasteiger partial charge is 0.374 e. The topological polar surface area (TPSA) is 38.5 Å². The van der Waals surface area contributed by atoms with E-state index in [4.69, 9.17) is 22.1 Å². The number of ether oxygens (including phenoxy) is 1. The van der Waals surface area contributed by atoms with Crippen LogP contribution in [0.15, 0.2) is 18.2 Å². The number of benzene rings is 1. The number of anilines is 1. The van der Waals surface area contributed by atoms with E-state index in [1.165, 1.54) is 30.5 Å². The van der Waals surface area contributed by atoms with Gasteiger partial charge in [-0.2, -0.15) is 0 Å². The van der Waals surface area contributed by atoms with Crippen LogP contribution in [0.3, 0.4) is 0 Å². The molecule has 3 rings (SSSR count). The van der Waals surface area contributed by atoms with Gasteiger partial charge < -0.3 is 15.4 Å². The van der Waals surface area contributed by atoms with E-state index in [0.29, 0.717) is 18.7 Å². The van der Waals surface area contributed by atoms with Crippen molar-refractivity contribution in [3.63, 3.8) is 0 Å². The first-order valence-electron chi connectivity index (χ1n) is 6.66. The monoisotopic (exact) mass is 266 g/mol. The number of halogens is 1. The maximum atomic E-state index is 6.14. The lowest BCUT2D eigenvalue weighted by Crippen LogP contribution is -2.49. The minimum atomic E-state index is 0.392. The van der Waals surface area contributed by atoms with Crippen molar-refractivity contribution in [2.45, 2.75) is 38.0 Å². The molecular weight excluding hydrogens is 248 g/mol. The molecule has 1 aromatic rings. The van der Waals surface area contributed by atoms with Gasteiger partial charge in [-0.15, -0.1) is 0 Å². The number of nitrogens with zero attached hydrogens (tertiary/aromatic N) is 1. The van der Waals surface area contributed by atoms with Gasteiger partial charge in [0.15, 0.2) is 0 Å². The zero-order valence-electron chi connectivity index (χ0n) is 10.4. The van der Waals surface area contributed by atoms with E-state index in [9.17, 15) is 0 Å². The van der Waals surface area contributed by atoms with Crippen molar-refractivity contribution in [1.29, 1.82) is 0 Å². The highest BCUT2D eigenvalue weighted by atomic mass is 35.5. The fraction of sp³-hybridized carbons (Fsp3) is 0.571. The number of hydrogen-bond acceptors (Lipinski definition) is 3. The van der Waals surface area contributed by atoms with Crippen LogP contribution >= 0.6 is 11.6 Å². The molecule has 98 valence electrons. The van der Waals surface area contributed by atoms with Crippen LogP contribution in [0, 0.1) is 0 Å². The Morgan fingerprint density at radius 3 is 3.11 bits per heavy atom. The summed E-state index contributed by atoms with van der Waals surface area (Å²) in [6.07, 6.45) is 4.04. The maximum Gasteiger partial charge on any atom is 0.0779 e. The Hall–Kier alpha value is -0.770. The third-order valence-corrected chi connectivity index (χ3v) is 4.29. The highest BCUT2D eigenvalue weighted by Gasteiger charge is 2.36. The van der Waals surface area contributed by atoms with Crippen molar-refractivity contribution in [3.8, 4) is 0 Å². The molecule has 3 nitrogen and oxygen atoms in total. The summed E-state index contributed by atoms with van der Waals surface area (Å²) >= 11 is 6.14. The Morgan fingerprint density at radius 1 is 1.39 bits per heavy atom. The average Bonchev–Trinajstić information content (AvgIpc) is 2.86. The molecule has 1 aromatic carbocycles. The molecule has 1 heterocycles. The molecule has 2 atom stereocenters. The number of rotatable bonds is 2. The third-order valence-electron chi connectivity index (χ3n) is 4.06. The summed E-state index contributed by atoms with van der Waals surface area (Å²) in [5, 5.41) is 0.781. The molecule has 0 radical (unpaired) electrons. The summed E-state index contributed by atoms with van der Waals surface area (Å²) in [5.74, 6) is 0.